The molecule has 0 radical (unpaired) electrons. The van der Waals surface area contributed by atoms with Crippen LogP contribution in [-0.4, -0.2) is 44.3 Å². The van der Waals surface area contributed by atoms with Crippen molar-refractivity contribution in [3.8, 4) is 56.8 Å². The number of esters is 3. The van der Waals surface area contributed by atoms with Gasteiger partial charge in [-0.05, 0) is 151 Å². The Morgan fingerprint density at radius 3 is 1.01 bits per heavy atom. The number of hydrogen-bond acceptors (Lipinski definition) is 10. The van der Waals surface area contributed by atoms with Gasteiger partial charge in [0.1, 0.15) is 34.5 Å². The number of carbonyl (C=O) groups excluding carboxylic acids is 3. The first-order valence-corrected chi connectivity index (χ1v) is 29.7. The molecule has 420 valence electrons. The predicted octanol–water partition coefficient (Wildman–Crippen LogP) is 18.3. The first kappa shape index (κ1) is 59.6. The highest BCUT2D eigenvalue weighted by molar-refractivity contribution is 5.92. The molecule has 7 rings (SSSR count). The van der Waals surface area contributed by atoms with Gasteiger partial charge in [0, 0.05) is 17.5 Å². The molecule has 0 aliphatic heterocycles. The molecule has 10 heteroatoms. The van der Waals surface area contributed by atoms with E-state index in [4.69, 9.17) is 33.2 Å². The maximum atomic E-state index is 13.7. The largest absolute Gasteiger partial charge is 0.494 e. The molecule has 1 aliphatic rings. The summed E-state index contributed by atoms with van der Waals surface area (Å²) in [6, 6.07) is 41.3. The van der Waals surface area contributed by atoms with Crippen LogP contribution in [0.1, 0.15) is 200 Å². The van der Waals surface area contributed by atoms with Crippen molar-refractivity contribution in [1.29, 1.82) is 0 Å². The number of ether oxygens (including phenoxy) is 7. The number of benzene rings is 6. The van der Waals surface area contributed by atoms with Crippen molar-refractivity contribution in [1.82, 2.24) is 0 Å². The number of rotatable bonds is 37. The molecule has 6 aromatic carbocycles. The summed E-state index contributed by atoms with van der Waals surface area (Å²) in [6.45, 7) is 9.31. The van der Waals surface area contributed by atoms with E-state index in [1.807, 2.05) is 24.3 Å². The summed E-state index contributed by atoms with van der Waals surface area (Å²) in [7, 11) is 0. The first-order valence-electron chi connectivity index (χ1n) is 29.7. The molecule has 0 heterocycles. The van der Waals surface area contributed by atoms with Crippen molar-refractivity contribution in [2.75, 3.05) is 26.4 Å². The fourth-order valence-electron chi connectivity index (χ4n) is 9.77. The monoisotopic (exact) mass is 1070 g/mol. The van der Waals surface area contributed by atoms with Crippen molar-refractivity contribution in [2.45, 2.75) is 168 Å². The number of unbranched alkanes of at least 4 members (excludes halogenated alkanes) is 17. The Bertz CT molecular complexity index is 2630. The standard InChI is InChI=1S/C69H84O10/c1-4-7-10-18-23-48-75-56-34-26-52(27-35-56)53-28-36-57(37-29-53)76-49-24-19-16-14-13-15-17-20-25-66(70)79-67-64-50-60(77-68(71)54-30-38-58(39-31-54)73-46-21-11-8-5-2)42-44-62(64)63-45-43-61(51-65(63)67)78-69(72)55-32-40-59(41-33-55)74-47-22-12-9-6-3/h26-45,50-51,67H,4-25,46-49H2,1-3H3. The van der Waals surface area contributed by atoms with Gasteiger partial charge in [-0.2, -0.15) is 0 Å². The number of hydrogen-bond donors (Lipinski definition) is 0. The zero-order valence-corrected chi connectivity index (χ0v) is 47.2. The molecule has 0 amide bonds. The molecule has 0 bridgehead atoms. The van der Waals surface area contributed by atoms with Crippen molar-refractivity contribution >= 4 is 17.9 Å². The highest BCUT2D eigenvalue weighted by Crippen LogP contribution is 2.48. The SMILES string of the molecule is CCCCCCCOc1ccc(-c2ccc(OCCCCCCCCCCC(=O)OC3c4cc(OC(=O)c5ccc(OCCCCCC)cc5)ccc4-c4ccc(OC(=O)c5ccc(OCCCCCC)cc5)cc43)cc2)cc1. The fraction of sp³-hybridized carbons (Fsp3) is 0.435. The van der Waals surface area contributed by atoms with Crippen LogP contribution < -0.4 is 28.4 Å². The average Bonchev–Trinajstić information content (AvgIpc) is 3.84. The first-order chi connectivity index (χ1) is 38.8. The van der Waals surface area contributed by atoms with E-state index < -0.39 is 18.0 Å². The van der Waals surface area contributed by atoms with Gasteiger partial charge in [-0.3, -0.25) is 4.79 Å². The van der Waals surface area contributed by atoms with Crippen LogP contribution in [0, 0.1) is 0 Å². The molecular weight excluding hydrogens is 989 g/mol. The van der Waals surface area contributed by atoms with Crippen LogP contribution in [0.5, 0.6) is 34.5 Å². The van der Waals surface area contributed by atoms with E-state index in [1.54, 1.807) is 72.8 Å². The van der Waals surface area contributed by atoms with E-state index in [0.717, 1.165) is 130 Å². The van der Waals surface area contributed by atoms with Gasteiger partial charge < -0.3 is 33.2 Å². The zero-order valence-electron chi connectivity index (χ0n) is 47.2. The molecule has 6 aromatic rings. The summed E-state index contributed by atoms with van der Waals surface area (Å²) in [5, 5.41) is 0. The lowest BCUT2D eigenvalue weighted by Crippen LogP contribution is -2.12. The summed E-state index contributed by atoms with van der Waals surface area (Å²) in [5.41, 5.74) is 6.13. The molecule has 79 heavy (non-hydrogen) atoms. The van der Waals surface area contributed by atoms with E-state index in [2.05, 4.69) is 57.2 Å². The highest BCUT2D eigenvalue weighted by atomic mass is 16.6. The van der Waals surface area contributed by atoms with E-state index >= 15 is 0 Å². The molecule has 0 atom stereocenters. The zero-order chi connectivity index (χ0) is 55.3. The molecule has 0 aromatic heterocycles. The van der Waals surface area contributed by atoms with E-state index in [0.29, 0.717) is 71.5 Å². The van der Waals surface area contributed by atoms with Crippen LogP contribution in [0.2, 0.25) is 0 Å². The minimum Gasteiger partial charge on any atom is -0.494 e. The molecule has 0 saturated carbocycles. The van der Waals surface area contributed by atoms with Gasteiger partial charge in [0.25, 0.3) is 0 Å². The Morgan fingerprint density at radius 1 is 0.342 bits per heavy atom. The van der Waals surface area contributed by atoms with Crippen molar-refractivity contribution in [3.05, 3.63) is 156 Å². The van der Waals surface area contributed by atoms with Gasteiger partial charge in [-0.1, -0.05) is 160 Å². The van der Waals surface area contributed by atoms with Crippen molar-refractivity contribution in [3.63, 3.8) is 0 Å². The van der Waals surface area contributed by atoms with Crippen LogP contribution in [0.25, 0.3) is 22.3 Å². The second-order valence-electron chi connectivity index (χ2n) is 20.8. The second-order valence-corrected chi connectivity index (χ2v) is 20.8. The van der Waals surface area contributed by atoms with E-state index in [1.165, 1.54) is 38.5 Å². The molecule has 1 aliphatic carbocycles. The predicted molar refractivity (Wildman–Crippen MR) is 315 cm³/mol. The van der Waals surface area contributed by atoms with Gasteiger partial charge >= 0.3 is 17.9 Å². The van der Waals surface area contributed by atoms with E-state index in [-0.39, 0.29) is 12.4 Å². The Hall–Kier alpha value is -7.07. The summed E-state index contributed by atoms with van der Waals surface area (Å²) in [6.07, 6.45) is 22.6. The smallest absolute Gasteiger partial charge is 0.343 e. The Morgan fingerprint density at radius 2 is 0.646 bits per heavy atom. The second kappa shape index (κ2) is 33.4. The number of carbonyl (C=O) groups is 3. The molecule has 0 saturated heterocycles. The van der Waals surface area contributed by atoms with Crippen LogP contribution in [0.3, 0.4) is 0 Å². The van der Waals surface area contributed by atoms with Gasteiger partial charge in [0.2, 0.25) is 0 Å². The maximum Gasteiger partial charge on any atom is 0.343 e. The lowest BCUT2D eigenvalue weighted by molar-refractivity contribution is -0.147. The Labute approximate surface area is 470 Å². The third kappa shape index (κ3) is 19.7. The van der Waals surface area contributed by atoms with E-state index in [9.17, 15) is 14.4 Å². The number of fused-ring (bicyclic) bond motifs is 3. The lowest BCUT2D eigenvalue weighted by Gasteiger charge is -2.16. The highest BCUT2D eigenvalue weighted by Gasteiger charge is 2.33. The minimum atomic E-state index is -0.807. The summed E-state index contributed by atoms with van der Waals surface area (Å²) < 4.78 is 41.8. The third-order valence-electron chi connectivity index (χ3n) is 14.4. The van der Waals surface area contributed by atoms with Crippen LogP contribution in [0.15, 0.2) is 133 Å². The summed E-state index contributed by atoms with van der Waals surface area (Å²) in [4.78, 5) is 40.4. The summed E-state index contributed by atoms with van der Waals surface area (Å²) >= 11 is 0. The minimum absolute atomic E-state index is 0.264. The maximum absolute atomic E-state index is 13.7. The van der Waals surface area contributed by atoms with Gasteiger partial charge in [-0.15, -0.1) is 0 Å². The quantitative estimate of drug-likeness (QED) is 0.0212. The third-order valence-corrected chi connectivity index (χ3v) is 14.4. The molecule has 0 unspecified atom stereocenters. The molecule has 0 fully saturated rings. The van der Waals surface area contributed by atoms with Gasteiger partial charge in [-0.25, -0.2) is 9.59 Å². The molecule has 10 nitrogen and oxygen atoms in total. The fourth-order valence-corrected chi connectivity index (χ4v) is 9.77. The van der Waals surface area contributed by atoms with Crippen LogP contribution in [-0.2, 0) is 9.53 Å². The topological polar surface area (TPSA) is 116 Å². The van der Waals surface area contributed by atoms with Crippen molar-refractivity contribution < 1.29 is 47.5 Å². The van der Waals surface area contributed by atoms with Crippen LogP contribution in [0.4, 0.5) is 0 Å². The Kier molecular flexibility index (Phi) is 25.2. The Balaban J connectivity index is 0.858. The molecule has 0 N–H and O–H groups in total. The molecular formula is C69H84O10. The summed E-state index contributed by atoms with van der Waals surface area (Å²) in [5.74, 6) is 2.49. The molecule has 0 spiro atoms. The lowest BCUT2D eigenvalue weighted by atomic mass is 10.1. The normalized spacial score (nSPS) is 11.6. The van der Waals surface area contributed by atoms with Crippen molar-refractivity contribution in [2.24, 2.45) is 0 Å². The average molecular weight is 1070 g/mol. The van der Waals surface area contributed by atoms with Crippen LogP contribution >= 0.6 is 0 Å². The van der Waals surface area contributed by atoms with Gasteiger partial charge in [0.15, 0.2) is 6.10 Å². The van der Waals surface area contributed by atoms with Gasteiger partial charge in [0.05, 0.1) is 37.6 Å².